The van der Waals surface area contributed by atoms with Crippen LogP contribution in [0.4, 0.5) is 0 Å². The van der Waals surface area contributed by atoms with E-state index in [-0.39, 0.29) is 5.78 Å². The van der Waals surface area contributed by atoms with Crippen molar-refractivity contribution in [1.29, 1.82) is 0 Å². The zero-order valence-corrected chi connectivity index (χ0v) is 8.28. The first-order valence-electron chi connectivity index (χ1n) is 4.01. The fourth-order valence-corrected chi connectivity index (χ4v) is 1.62. The molecule has 1 nitrogen and oxygen atoms in total. The van der Waals surface area contributed by atoms with E-state index in [1.54, 1.807) is 13.0 Å². The third kappa shape index (κ3) is 6.17. The van der Waals surface area contributed by atoms with Gasteiger partial charge in [0.2, 0.25) is 0 Å². The molecule has 0 fully saturated rings. The second-order valence-electron chi connectivity index (χ2n) is 2.37. The second-order valence-corrected chi connectivity index (χ2v) is 3.89. The first-order valence-corrected chi connectivity index (χ1v) is 5.06. The lowest BCUT2D eigenvalue weighted by atomic mass is 10.3. The highest BCUT2D eigenvalue weighted by Gasteiger charge is 1.99. The van der Waals surface area contributed by atoms with Gasteiger partial charge in [-0.05, 0) is 25.2 Å². The van der Waals surface area contributed by atoms with Gasteiger partial charge in [0.25, 0.3) is 0 Å². The van der Waals surface area contributed by atoms with Crippen molar-refractivity contribution in [3.8, 4) is 0 Å². The molecule has 0 N–H and O–H groups in total. The topological polar surface area (TPSA) is 17.1 Å². The summed E-state index contributed by atoms with van der Waals surface area (Å²) in [6.45, 7) is 5.85. The molecule has 0 heterocycles. The summed E-state index contributed by atoms with van der Waals surface area (Å²) in [6.07, 6.45) is 4.76. The lowest BCUT2D eigenvalue weighted by Crippen LogP contribution is -1.97. The van der Waals surface area contributed by atoms with Crippen LogP contribution in [0.1, 0.15) is 27.2 Å². The van der Waals surface area contributed by atoms with Crippen LogP contribution in [0.3, 0.4) is 0 Å². The molecule has 0 saturated heterocycles. The van der Waals surface area contributed by atoms with Gasteiger partial charge in [0.1, 0.15) is 0 Å². The number of rotatable bonds is 5. The fourth-order valence-electron chi connectivity index (χ4n) is 0.766. The Kier molecular flexibility index (Phi) is 6.33. The molecule has 2 heteroatoms. The fraction of sp³-hybridized carbons (Fsp3) is 0.667. The molecule has 11 heavy (non-hydrogen) atoms. The molecule has 0 aromatic rings. The predicted molar refractivity (Wildman–Crippen MR) is 52.0 cm³/mol. The van der Waals surface area contributed by atoms with Gasteiger partial charge in [-0.1, -0.05) is 19.9 Å². The zero-order valence-electron chi connectivity index (χ0n) is 7.46. The smallest absolute Gasteiger partial charge is 0.152 e. The standard InChI is InChI=1S/C9H16OS/c1-4-9(11-5-2)7-6-8(3)10/h6-7,9H,4-5H2,1-3H3. The number of hydrogen-bond donors (Lipinski definition) is 0. The van der Waals surface area contributed by atoms with Crippen LogP contribution in [-0.4, -0.2) is 16.8 Å². The molecular weight excluding hydrogens is 156 g/mol. The molecule has 0 spiro atoms. The minimum atomic E-state index is 0.139. The Morgan fingerprint density at radius 3 is 2.55 bits per heavy atom. The molecule has 0 aliphatic heterocycles. The van der Waals surface area contributed by atoms with E-state index in [1.807, 2.05) is 17.8 Å². The molecule has 0 rings (SSSR count). The molecule has 0 bridgehead atoms. The molecule has 64 valence electrons. The average molecular weight is 172 g/mol. The van der Waals surface area contributed by atoms with Gasteiger partial charge in [-0.2, -0.15) is 11.8 Å². The molecule has 1 unspecified atom stereocenters. The number of thioether (sulfide) groups is 1. The van der Waals surface area contributed by atoms with Gasteiger partial charge in [-0.25, -0.2) is 0 Å². The van der Waals surface area contributed by atoms with Crippen molar-refractivity contribution in [2.24, 2.45) is 0 Å². The van der Waals surface area contributed by atoms with Gasteiger partial charge in [-0.15, -0.1) is 0 Å². The number of allylic oxidation sites excluding steroid dienone is 1. The van der Waals surface area contributed by atoms with Crippen LogP contribution in [0.25, 0.3) is 0 Å². The summed E-state index contributed by atoms with van der Waals surface area (Å²) < 4.78 is 0. The van der Waals surface area contributed by atoms with Crippen LogP contribution < -0.4 is 0 Å². The van der Waals surface area contributed by atoms with Gasteiger partial charge in [0, 0.05) is 5.25 Å². The second kappa shape index (κ2) is 6.47. The maximum absolute atomic E-state index is 10.6. The third-order valence-corrected chi connectivity index (χ3v) is 2.58. The monoisotopic (exact) mass is 172 g/mol. The minimum Gasteiger partial charge on any atom is -0.295 e. The summed E-state index contributed by atoms with van der Waals surface area (Å²) in [5.74, 6) is 1.25. The number of carbonyl (C=O) groups excluding carboxylic acids is 1. The van der Waals surface area contributed by atoms with Crippen molar-refractivity contribution in [2.45, 2.75) is 32.4 Å². The Labute approximate surface area is 73.3 Å². The summed E-state index contributed by atoms with van der Waals surface area (Å²) in [6, 6.07) is 0. The predicted octanol–water partition coefficient (Wildman–Crippen LogP) is 2.66. The van der Waals surface area contributed by atoms with E-state index < -0.39 is 0 Å². The molecule has 1 atom stereocenters. The van der Waals surface area contributed by atoms with E-state index in [2.05, 4.69) is 13.8 Å². The van der Waals surface area contributed by atoms with Crippen molar-refractivity contribution >= 4 is 17.5 Å². The van der Waals surface area contributed by atoms with Crippen molar-refractivity contribution in [1.82, 2.24) is 0 Å². The van der Waals surface area contributed by atoms with E-state index in [9.17, 15) is 4.79 Å². The van der Waals surface area contributed by atoms with Gasteiger partial charge < -0.3 is 0 Å². The Morgan fingerprint density at radius 2 is 2.18 bits per heavy atom. The van der Waals surface area contributed by atoms with Crippen LogP contribution in [0.15, 0.2) is 12.2 Å². The maximum atomic E-state index is 10.6. The van der Waals surface area contributed by atoms with Crippen molar-refractivity contribution in [3.05, 3.63) is 12.2 Å². The van der Waals surface area contributed by atoms with Crippen LogP contribution >= 0.6 is 11.8 Å². The molecule has 0 aliphatic rings. The quantitative estimate of drug-likeness (QED) is 0.593. The molecule has 0 aromatic carbocycles. The van der Waals surface area contributed by atoms with Gasteiger partial charge in [0.05, 0.1) is 0 Å². The zero-order chi connectivity index (χ0) is 8.69. The average Bonchev–Trinajstić information content (AvgIpc) is 1.97. The highest BCUT2D eigenvalue weighted by Crippen LogP contribution is 2.14. The van der Waals surface area contributed by atoms with Crippen molar-refractivity contribution in [2.75, 3.05) is 5.75 Å². The van der Waals surface area contributed by atoms with E-state index in [1.165, 1.54) is 0 Å². The van der Waals surface area contributed by atoms with Gasteiger partial charge >= 0.3 is 0 Å². The van der Waals surface area contributed by atoms with Crippen molar-refractivity contribution in [3.63, 3.8) is 0 Å². The lowest BCUT2D eigenvalue weighted by molar-refractivity contribution is -0.112. The van der Waals surface area contributed by atoms with Gasteiger partial charge in [0.15, 0.2) is 5.78 Å². The SMILES string of the molecule is CCSC(C=CC(C)=O)CC. The molecule has 0 aromatic heterocycles. The first-order chi connectivity index (χ1) is 5.20. The Bertz CT molecular complexity index is 140. The molecule has 0 radical (unpaired) electrons. The van der Waals surface area contributed by atoms with Crippen LogP contribution in [0.5, 0.6) is 0 Å². The van der Waals surface area contributed by atoms with Crippen molar-refractivity contribution < 1.29 is 4.79 Å². The maximum Gasteiger partial charge on any atom is 0.152 e. The number of carbonyl (C=O) groups is 1. The minimum absolute atomic E-state index is 0.139. The van der Waals surface area contributed by atoms with Crippen LogP contribution in [0.2, 0.25) is 0 Å². The Hall–Kier alpha value is -0.240. The molecule has 0 saturated carbocycles. The highest BCUT2D eigenvalue weighted by molar-refractivity contribution is 8.00. The summed E-state index contributed by atoms with van der Waals surface area (Å²) in [7, 11) is 0. The summed E-state index contributed by atoms with van der Waals surface area (Å²) in [4.78, 5) is 10.6. The number of ketones is 1. The van der Waals surface area contributed by atoms with E-state index >= 15 is 0 Å². The Balaban J connectivity index is 3.76. The molecule has 0 aliphatic carbocycles. The van der Waals surface area contributed by atoms with Crippen LogP contribution in [-0.2, 0) is 4.79 Å². The molecule has 0 amide bonds. The van der Waals surface area contributed by atoms with E-state index in [4.69, 9.17) is 0 Å². The highest BCUT2D eigenvalue weighted by atomic mass is 32.2. The Morgan fingerprint density at radius 1 is 1.55 bits per heavy atom. The summed E-state index contributed by atoms with van der Waals surface area (Å²) in [5, 5.41) is 0.517. The summed E-state index contributed by atoms with van der Waals surface area (Å²) in [5.41, 5.74) is 0. The number of hydrogen-bond acceptors (Lipinski definition) is 2. The third-order valence-electron chi connectivity index (χ3n) is 1.33. The normalized spacial score (nSPS) is 13.7. The largest absolute Gasteiger partial charge is 0.295 e. The van der Waals surface area contributed by atoms with E-state index in [0.29, 0.717) is 5.25 Å². The lowest BCUT2D eigenvalue weighted by Gasteiger charge is -2.05. The van der Waals surface area contributed by atoms with Crippen LogP contribution in [0, 0.1) is 0 Å². The first kappa shape index (κ1) is 10.8. The summed E-state index contributed by atoms with van der Waals surface area (Å²) >= 11 is 1.88. The van der Waals surface area contributed by atoms with Gasteiger partial charge in [-0.3, -0.25) is 4.79 Å². The van der Waals surface area contributed by atoms with E-state index in [0.717, 1.165) is 12.2 Å². The molecular formula is C9H16OS.